The number of rotatable bonds is 2. The van der Waals surface area contributed by atoms with Crippen LogP contribution in [0.15, 0.2) is 65.5 Å². The first-order valence-corrected chi connectivity index (χ1v) is 8.86. The summed E-state index contributed by atoms with van der Waals surface area (Å²) in [4.78, 5) is 30.1. The van der Waals surface area contributed by atoms with E-state index in [0.717, 1.165) is 21.9 Å². The second-order valence-corrected chi connectivity index (χ2v) is 6.75. The zero-order valence-corrected chi connectivity index (χ0v) is 15.0. The number of fused-ring (bicyclic) bond motifs is 4. The zero-order valence-electron chi connectivity index (χ0n) is 15.0. The highest BCUT2D eigenvalue weighted by atomic mass is 16.6. The average Bonchev–Trinajstić information content (AvgIpc) is 2.72. The maximum absolute atomic E-state index is 12.8. The van der Waals surface area contributed by atoms with Crippen LogP contribution in [-0.4, -0.2) is 14.9 Å². The van der Waals surface area contributed by atoms with E-state index in [1.165, 1.54) is 12.1 Å². The number of hydrogen-bond donors (Lipinski definition) is 2. The molecule has 0 spiro atoms. The Morgan fingerprint density at radius 3 is 2.55 bits per heavy atom. The molecule has 8 nitrogen and oxygen atoms in total. The fourth-order valence-corrected chi connectivity index (χ4v) is 3.84. The summed E-state index contributed by atoms with van der Waals surface area (Å²) < 4.78 is 5.94. The van der Waals surface area contributed by atoms with E-state index >= 15 is 0 Å². The Kier molecular flexibility index (Phi) is 3.60. The van der Waals surface area contributed by atoms with Crippen molar-refractivity contribution in [2.45, 2.75) is 5.92 Å². The number of nitrogen functional groups attached to an aromatic ring is 1. The lowest BCUT2D eigenvalue weighted by atomic mass is 9.81. The molecule has 4 aromatic rings. The molecule has 2 heterocycles. The number of benzene rings is 3. The Labute approximate surface area is 163 Å². The average molecular weight is 386 g/mol. The van der Waals surface area contributed by atoms with Gasteiger partial charge in [0.25, 0.3) is 11.2 Å². The molecule has 0 saturated heterocycles. The molecule has 0 amide bonds. The molecule has 142 valence electrons. The number of hydrogen-bond acceptors (Lipinski definition) is 6. The van der Waals surface area contributed by atoms with Gasteiger partial charge in [-0.2, -0.15) is 4.98 Å². The highest BCUT2D eigenvalue weighted by molar-refractivity contribution is 5.90. The second kappa shape index (κ2) is 6.16. The molecule has 1 aliphatic rings. The number of H-pyrrole nitrogens is 1. The van der Waals surface area contributed by atoms with E-state index < -0.39 is 16.4 Å². The summed E-state index contributed by atoms with van der Waals surface area (Å²) in [5.41, 5.74) is 7.12. The number of nitrogens with one attached hydrogen (secondary N) is 1. The first-order valence-electron chi connectivity index (χ1n) is 8.86. The van der Waals surface area contributed by atoms with E-state index in [1.54, 1.807) is 12.1 Å². The van der Waals surface area contributed by atoms with Crippen LogP contribution in [-0.2, 0) is 0 Å². The normalized spacial score (nSPS) is 14.7. The molecular formula is C21H14N4O4. The van der Waals surface area contributed by atoms with Crippen LogP contribution >= 0.6 is 0 Å². The number of anilines is 1. The van der Waals surface area contributed by atoms with Crippen LogP contribution in [0, 0.1) is 10.1 Å². The molecule has 3 aromatic carbocycles. The molecule has 5 rings (SSSR count). The lowest BCUT2D eigenvalue weighted by Gasteiger charge is -2.28. The van der Waals surface area contributed by atoms with E-state index in [2.05, 4.69) is 9.97 Å². The molecular weight excluding hydrogens is 372 g/mol. The number of nitrogens with zero attached hydrogens (tertiary/aromatic N) is 2. The van der Waals surface area contributed by atoms with Crippen molar-refractivity contribution in [2.24, 2.45) is 0 Å². The molecule has 0 radical (unpaired) electrons. The van der Waals surface area contributed by atoms with Gasteiger partial charge >= 0.3 is 0 Å². The first kappa shape index (κ1) is 16.9. The van der Waals surface area contributed by atoms with Gasteiger partial charge in [-0.05, 0) is 22.4 Å². The SMILES string of the molecule is Nc1nc2c(c(=O)[nH]1)C(c1ccc([N+](=O)[O-])cc1)c1c(ccc3ccccc13)O2. The standard InChI is InChI=1S/C21H14N4O4/c22-21-23-19(26)18-16(12-5-8-13(9-6-12)25(27)28)17-14-4-2-1-3-11(14)7-10-15(17)29-20(18)24-21/h1-10,16H,(H3,22,23,24,26). The van der Waals surface area contributed by atoms with Crippen molar-refractivity contribution in [3.05, 3.63) is 97.8 Å². The smallest absolute Gasteiger partial charge is 0.269 e. The van der Waals surface area contributed by atoms with Gasteiger partial charge < -0.3 is 10.5 Å². The summed E-state index contributed by atoms with van der Waals surface area (Å²) in [7, 11) is 0. The van der Waals surface area contributed by atoms with Crippen molar-refractivity contribution < 1.29 is 9.66 Å². The first-order chi connectivity index (χ1) is 14.0. The summed E-state index contributed by atoms with van der Waals surface area (Å²) in [6.07, 6.45) is 0. The van der Waals surface area contributed by atoms with Gasteiger partial charge in [0.1, 0.15) is 5.75 Å². The van der Waals surface area contributed by atoms with Crippen molar-refractivity contribution >= 4 is 22.4 Å². The number of nitro benzene ring substituents is 1. The minimum absolute atomic E-state index is 0.0245. The van der Waals surface area contributed by atoms with Crippen LogP contribution in [0.2, 0.25) is 0 Å². The fraction of sp³-hybridized carbons (Fsp3) is 0.0476. The number of non-ortho nitro benzene ring substituents is 1. The number of aromatic amines is 1. The van der Waals surface area contributed by atoms with Crippen molar-refractivity contribution in [3.63, 3.8) is 0 Å². The van der Waals surface area contributed by atoms with Gasteiger partial charge in [0.2, 0.25) is 11.8 Å². The Bertz CT molecular complexity index is 1350. The van der Waals surface area contributed by atoms with Crippen molar-refractivity contribution in [3.8, 4) is 11.6 Å². The third-order valence-corrected chi connectivity index (χ3v) is 5.09. The maximum Gasteiger partial charge on any atom is 0.269 e. The summed E-state index contributed by atoms with van der Waals surface area (Å²) in [5, 5.41) is 13.0. The van der Waals surface area contributed by atoms with E-state index in [9.17, 15) is 14.9 Å². The van der Waals surface area contributed by atoms with Crippen LogP contribution in [0.25, 0.3) is 10.8 Å². The molecule has 1 unspecified atom stereocenters. The molecule has 29 heavy (non-hydrogen) atoms. The van der Waals surface area contributed by atoms with Crippen LogP contribution in [0.5, 0.6) is 11.6 Å². The predicted molar refractivity (Wildman–Crippen MR) is 107 cm³/mol. The topological polar surface area (TPSA) is 124 Å². The Morgan fingerprint density at radius 1 is 1.03 bits per heavy atom. The van der Waals surface area contributed by atoms with Crippen LogP contribution < -0.4 is 16.0 Å². The third-order valence-electron chi connectivity index (χ3n) is 5.09. The van der Waals surface area contributed by atoms with Gasteiger partial charge in [0.15, 0.2) is 0 Å². The monoisotopic (exact) mass is 386 g/mol. The quantitative estimate of drug-likeness (QED) is 0.352. The molecule has 8 heteroatoms. The largest absolute Gasteiger partial charge is 0.438 e. The van der Waals surface area contributed by atoms with Gasteiger partial charge in [-0.1, -0.05) is 42.5 Å². The fourth-order valence-electron chi connectivity index (χ4n) is 3.84. The maximum atomic E-state index is 12.8. The van der Waals surface area contributed by atoms with E-state index in [1.807, 2.05) is 36.4 Å². The van der Waals surface area contributed by atoms with Gasteiger partial charge in [0, 0.05) is 23.6 Å². The van der Waals surface area contributed by atoms with Gasteiger partial charge in [-0.15, -0.1) is 0 Å². The minimum Gasteiger partial charge on any atom is -0.438 e. The summed E-state index contributed by atoms with van der Waals surface area (Å²) in [5.74, 6) is 0.146. The number of ether oxygens (including phenoxy) is 1. The van der Waals surface area contributed by atoms with Crippen molar-refractivity contribution in [1.82, 2.24) is 9.97 Å². The molecule has 3 N–H and O–H groups in total. The lowest BCUT2D eigenvalue weighted by molar-refractivity contribution is -0.384. The molecule has 1 atom stereocenters. The summed E-state index contributed by atoms with van der Waals surface area (Å²) in [6.45, 7) is 0. The molecule has 0 aliphatic carbocycles. The number of aromatic nitrogens is 2. The van der Waals surface area contributed by atoms with E-state index in [-0.39, 0.29) is 17.5 Å². The lowest BCUT2D eigenvalue weighted by Crippen LogP contribution is -2.25. The van der Waals surface area contributed by atoms with Gasteiger partial charge in [0.05, 0.1) is 10.5 Å². The molecule has 0 saturated carbocycles. The highest BCUT2D eigenvalue weighted by Gasteiger charge is 2.34. The number of nitro groups is 1. The molecule has 0 bridgehead atoms. The molecule has 1 aliphatic heterocycles. The Hall–Kier alpha value is -4.20. The second-order valence-electron chi connectivity index (χ2n) is 6.75. The highest BCUT2D eigenvalue weighted by Crippen LogP contribution is 2.48. The van der Waals surface area contributed by atoms with E-state index in [0.29, 0.717) is 11.3 Å². The Balaban J connectivity index is 1.84. The van der Waals surface area contributed by atoms with Crippen LogP contribution in [0.1, 0.15) is 22.6 Å². The van der Waals surface area contributed by atoms with E-state index in [4.69, 9.17) is 10.5 Å². The summed E-state index contributed by atoms with van der Waals surface area (Å²) in [6, 6.07) is 17.7. The number of nitrogens with two attached hydrogens (primary N) is 1. The Morgan fingerprint density at radius 2 is 1.79 bits per heavy atom. The van der Waals surface area contributed by atoms with Crippen LogP contribution in [0.4, 0.5) is 11.6 Å². The summed E-state index contributed by atoms with van der Waals surface area (Å²) >= 11 is 0. The van der Waals surface area contributed by atoms with Gasteiger partial charge in [-0.3, -0.25) is 19.9 Å². The predicted octanol–water partition coefficient (Wildman–Crippen LogP) is 3.70. The minimum atomic E-state index is -0.516. The van der Waals surface area contributed by atoms with Gasteiger partial charge in [-0.25, -0.2) is 0 Å². The molecule has 0 fully saturated rings. The van der Waals surface area contributed by atoms with Crippen molar-refractivity contribution in [1.29, 1.82) is 0 Å². The zero-order chi connectivity index (χ0) is 20.1. The molecule has 1 aromatic heterocycles. The third kappa shape index (κ3) is 2.61. The van der Waals surface area contributed by atoms with Crippen LogP contribution in [0.3, 0.4) is 0 Å². The van der Waals surface area contributed by atoms with Crippen molar-refractivity contribution in [2.75, 3.05) is 5.73 Å².